The molecule has 1 fully saturated rings. The minimum absolute atomic E-state index is 0.151. The summed E-state index contributed by atoms with van der Waals surface area (Å²) in [7, 11) is 1.54. The number of halogens is 2. The summed E-state index contributed by atoms with van der Waals surface area (Å²) in [6, 6.07) is 3.28. The second-order valence-electron chi connectivity index (χ2n) is 5.32. The molecule has 0 bridgehead atoms. The van der Waals surface area contributed by atoms with Crippen LogP contribution >= 0.6 is 23.2 Å². The van der Waals surface area contributed by atoms with Gasteiger partial charge in [-0.3, -0.25) is 4.84 Å². The maximum atomic E-state index is 11.7. The van der Waals surface area contributed by atoms with Gasteiger partial charge in [-0.15, -0.1) is 0 Å². The van der Waals surface area contributed by atoms with Gasteiger partial charge in [-0.1, -0.05) is 40.6 Å². The molecule has 1 N–H and O–H groups in total. The smallest absolute Gasteiger partial charge is 0.223 e. The molecule has 2 heterocycles. The lowest BCUT2D eigenvalue weighted by molar-refractivity contribution is -0.148. The number of ether oxygens (including phenoxy) is 1. The Morgan fingerprint density at radius 3 is 2.76 bits per heavy atom. The predicted octanol–water partition coefficient (Wildman–Crippen LogP) is 2.93. The number of benzene rings is 1. The Kier molecular flexibility index (Phi) is 5.70. The largest absolute Gasteiger partial charge is 0.497 e. The molecular weight excluding hydrogens is 367 g/mol. The van der Waals surface area contributed by atoms with E-state index in [4.69, 9.17) is 32.8 Å². The van der Waals surface area contributed by atoms with Crippen molar-refractivity contribution in [1.82, 2.24) is 15.4 Å². The number of guanidine groups is 1. The fraction of sp³-hybridized carbons (Fsp3) is 0.312. The van der Waals surface area contributed by atoms with Crippen LogP contribution in [-0.2, 0) is 10.0 Å². The van der Waals surface area contributed by atoms with Gasteiger partial charge in [-0.05, 0) is 6.08 Å². The highest BCUT2D eigenvalue weighted by molar-refractivity contribution is 6.39. The third kappa shape index (κ3) is 4.19. The van der Waals surface area contributed by atoms with Gasteiger partial charge in [0.1, 0.15) is 18.0 Å². The molecule has 25 heavy (non-hydrogen) atoms. The Hall–Kier alpha value is -1.93. The van der Waals surface area contributed by atoms with Crippen molar-refractivity contribution in [3.8, 4) is 5.75 Å². The molecule has 0 spiro atoms. The molecule has 0 aromatic heterocycles. The van der Waals surface area contributed by atoms with Crippen molar-refractivity contribution >= 4 is 34.8 Å². The van der Waals surface area contributed by atoms with E-state index in [1.165, 1.54) is 7.11 Å². The summed E-state index contributed by atoms with van der Waals surface area (Å²) in [4.78, 5) is 10.2. The van der Waals surface area contributed by atoms with Crippen LogP contribution in [0.3, 0.4) is 0 Å². The summed E-state index contributed by atoms with van der Waals surface area (Å²) in [6.45, 7) is 1.72. The molecule has 2 aliphatic rings. The fourth-order valence-electron chi connectivity index (χ4n) is 2.36. The van der Waals surface area contributed by atoms with E-state index in [0.717, 1.165) is 5.06 Å². The second kappa shape index (κ2) is 7.97. The molecule has 1 aromatic rings. The van der Waals surface area contributed by atoms with Gasteiger partial charge in [0.2, 0.25) is 5.96 Å². The van der Waals surface area contributed by atoms with Gasteiger partial charge in [0.05, 0.1) is 35.9 Å². The maximum absolute atomic E-state index is 11.7. The van der Waals surface area contributed by atoms with Crippen molar-refractivity contribution in [2.75, 3.05) is 33.4 Å². The lowest BCUT2D eigenvalue weighted by atomic mass is 10.3. The Morgan fingerprint density at radius 1 is 1.32 bits per heavy atom. The van der Waals surface area contributed by atoms with Gasteiger partial charge in [0.25, 0.3) is 0 Å². The summed E-state index contributed by atoms with van der Waals surface area (Å²) in [6.07, 6.45) is 5.35. The number of rotatable bonds is 5. The molecule has 1 radical (unpaired) electrons. The molecule has 9 heteroatoms. The molecule has 0 unspecified atom stereocenters. The number of allylic oxidation sites excluding steroid dienone is 2. The minimum Gasteiger partial charge on any atom is -0.497 e. The molecule has 1 saturated heterocycles. The van der Waals surface area contributed by atoms with Gasteiger partial charge >= 0.3 is 0 Å². The first kappa shape index (κ1) is 17.9. The molecule has 133 valence electrons. The topological polar surface area (TPSA) is 69.2 Å². The van der Waals surface area contributed by atoms with E-state index in [9.17, 15) is 5.21 Å². The van der Waals surface area contributed by atoms with Crippen molar-refractivity contribution < 1.29 is 14.8 Å². The average Bonchev–Trinajstić information content (AvgIpc) is 3.04. The van der Waals surface area contributed by atoms with E-state index in [0.29, 0.717) is 52.8 Å². The highest BCUT2D eigenvalue weighted by atomic mass is 35.5. The van der Waals surface area contributed by atoms with Gasteiger partial charge in [0, 0.05) is 18.7 Å². The molecule has 1 aromatic carbocycles. The summed E-state index contributed by atoms with van der Waals surface area (Å²) >= 11 is 12.5. The van der Waals surface area contributed by atoms with E-state index < -0.39 is 0 Å². The molecule has 0 amide bonds. The summed E-state index contributed by atoms with van der Waals surface area (Å²) in [5.41, 5.74) is 0.974. The van der Waals surface area contributed by atoms with Crippen LogP contribution in [0.4, 0.5) is 5.69 Å². The second-order valence-corrected chi connectivity index (χ2v) is 6.14. The van der Waals surface area contributed by atoms with Crippen LogP contribution in [0.25, 0.3) is 0 Å². The van der Waals surface area contributed by atoms with Gasteiger partial charge in [0.15, 0.2) is 0 Å². The van der Waals surface area contributed by atoms with Crippen molar-refractivity contribution in [3.05, 3.63) is 46.1 Å². The number of hydroxylamine groups is 4. The van der Waals surface area contributed by atoms with Crippen LogP contribution < -0.4 is 10.1 Å². The summed E-state index contributed by atoms with van der Waals surface area (Å²) < 4.78 is 5.12. The number of hydrogen-bond donors (Lipinski definition) is 1. The number of aliphatic imine (C=N–C) groups is 1. The van der Waals surface area contributed by atoms with Crippen molar-refractivity contribution in [1.29, 1.82) is 0 Å². The Morgan fingerprint density at radius 2 is 2.08 bits per heavy atom. The number of nitrogens with zero attached hydrogens (tertiary/aromatic N) is 3. The summed E-state index contributed by atoms with van der Waals surface area (Å²) in [5, 5.41) is 18.1. The molecule has 0 atom stereocenters. The van der Waals surface area contributed by atoms with Gasteiger partial charge in [-0.2, -0.15) is 0 Å². The quantitative estimate of drug-likeness (QED) is 0.846. The zero-order chi connectivity index (χ0) is 17.8. The first-order valence-corrected chi connectivity index (χ1v) is 8.40. The number of methoxy groups -OCH3 is 1. The van der Waals surface area contributed by atoms with E-state index in [2.05, 4.69) is 10.3 Å². The van der Waals surface area contributed by atoms with Crippen molar-refractivity contribution in [2.45, 2.75) is 0 Å². The van der Waals surface area contributed by atoms with Gasteiger partial charge in [-0.25, -0.2) is 15.1 Å². The van der Waals surface area contributed by atoms with E-state index in [1.54, 1.807) is 29.3 Å². The van der Waals surface area contributed by atoms with Gasteiger partial charge < -0.3 is 10.1 Å². The van der Waals surface area contributed by atoms with Crippen LogP contribution in [-0.4, -0.2) is 49.4 Å². The third-order valence-corrected chi connectivity index (χ3v) is 4.24. The van der Waals surface area contributed by atoms with Crippen LogP contribution in [0.1, 0.15) is 0 Å². The van der Waals surface area contributed by atoms with Crippen LogP contribution in [0.5, 0.6) is 5.75 Å². The van der Waals surface area contributed by atoms with Crippen molar-refractivity contribution in [2.24, 2.45) is 4.99 Å². The van der Waals surface area contributed by atoms with Crippen molar-refractivity contribution in [3.63, 3.8) is 0 Å². The molecule has 2 aliphatic heterocycles. The Labute approximate surface area is 155 Å². The predicted molar refractivity (Wildman–Crippen MR) is 95.4 cm³/mol. The first-order chi connectivity index (χ1) is 12.1. The fourth-order valence-corrected chi connectivity index (χ4v) is 2.91. The lowest BCUT2D eigenvalue weighted by Crippen LogP contribution is -2.33. The molecule has 3 rings (SSSR count). The molecule has 0 aliphatic carbocycles. The lowest BCUT2D eigenvalue weighted by Gasteiger charge is -2.22. The Balaban J connectivity index is 1.74. The monoisotopic (exact) mass is 383 g/mol. The zero-order valence-corrected chi connectivity index (χ0v) is 15.0. The van der Waals surface area contributed by atoms with E-state index in [-0.39, 0.29) is 6.61 Å². The van der Waals surface area contributed by atoms with Crippen LogP contribution in [0.2, 0.25) is 10.0 Å². The van der Waals surface area contributed by atoms with Crippen LogP contribution in [0, 0.1) is 0 Å². The molecular formula is C16H17Cl2N4O3. The van der Waals surface area contributed by atoms with E-state index >= 15 is 0 Å². The minimum atomic E-state index is 0.151. The van der Waals surface area contributed by atoms with E-state index in [1.807, 2.05) is 6.08 Å². The first-order valence-electron chi connectivity index (χ1n) is 7.65. The maximum Gasteiger partial charge on any atom is 0.223 e. The Bertz CT molecular complexity index is 713. The summed E-state index contributed by atoms with van der Waals surface area (Å²) in [5.74, 6) is 1.04. The standard InChI is InChI=1S/C16H17Cl2N4O3/c1-24-12-8-13(17)15(14(18)9-12)20-16-19-5-7-22(16)25-10-11-4-2-3-6-21(11)23/h2-4,8-9H,5-7,10H2,1H3,(H,19,20). The zero-order valence-electron chi connectivity index (χ0n) is 13.5. The number of hydrogen-bond acceptors (Lipinski definition) is 4. The normalized spacial score (nSPS) is 18.6. The third-order valence-electron chi connectivity index (χ3n) is 3.66. The molecule has 7 nitrogen and oxygen atoms in total. The highest BCUT2D eigenvalue weighted by Crippen LogP contribution is 2.37. The number of nitrogens with one attached hydrogen (secondary N) is 1. The highest BCUT2D eigenvalue weighted by Gasteiger charge is 2.22. The SMILES string of the molecule is COc1cc(Cl)c(N=C2NCCN2OCC2=CC=CCN2[O])c(Cl)c1. The molecule has 0 saturated carbocycles. The van der Waals surface area contributed by atoms with Crippen LogP contribution in [0.15, 0.2) is 41.1 Å². The average molecular weight is 384 g/mol.